The second-order valence-corrected chi connectivity index (χ2v) is 3.28. The van der Waals surface area contributed by atoms with Crippen LogP contribution in [0.2, 0.25) is 10.4 Å². The zero-order chi connectivity index (χ0) is 9.26. The first kappa shape index (κ1) is 8.60. The van der Waals surface area contributed by atoms with Gasteiger partial charge in [-0.25, -0.2) is 4.98 Å². The van der Waals surface area contributed by atoms with Gasteiger partial charge in [0.15, 0.2) is 5.15 Å². The van der Waals surface area contributed by atoms with Gasteiger partial charge in [0.1, 0.15) is 0 Å². The van der Waals surface area contributed by atoms with E-state index in [-0.39, 0.29) is 0 Å². The van der Waals surface area contributed by atoms with Crippen molar-refractivity contribution < 1.29 is 0 Å². The lowest BCUT2D eigenvalue weighted by atomic mass is 10.2. The summed E-state index contributed by atoms with van der Waals surface area (Å²) < 4.78 is 0. The molecule has 2 nitrogen and oxygen atoms in total. The van der Waals surface area contributed by atoms with Crippen LogP contribution in [0.5, 0.6) is 0 Å². The van der Waals surface area contributed by atoms with Crippen molar-refractivity contribution in [3.8, 4) is 11.3 Å². The molecule has 2 aromatic rings. The molecule has 0 bridgehead atoms. The van der Waals surface area contributed by atoms with Gasteiger partial charge in [0.05, 0.1) is 5.69 Å². The molecule has 4 heteroatoms. The van der Waals surface area contributed by atoms with Gasteiger partial charge in [0.2, 0.25) is 5.28 Å². The maximum atomic E-state index is 5.85. The van der Waals surface area contributed by atoms with Gasteiger partial charge >= 0.3 is 0 Å². The van der Waals surface area contributed by atoms with E-state index < -0.39 is 0 Å². The third-order valence-electron chi connectivity index (χ3n) is 1.69. The molecule has 0 fully saturated rings. The molecular weight excluding hydrogens is 207 g/mol. The van der Waals surface area contributed by atoms with Crippen LogP contribution >= 0.6 is 23.2 Å². The van der Waals surface area contributed by atoms with Gasteiger partial charge in [0, 0.05) is 5.56 Å². The lowest BCUT2D eigenvalue weighted by molar-refractivity contribution is 1.31. The number of hydrogen-bond acceptors (Lipinski definition) is 1. The van der Waals surface area contributed by atoms with E-state index in [0.717, 1.165) is 11.3 Å². The number of nitrogens with one attached hydrogen (secondary N) is 1. The van der Waals surface area contributed by atoms with Crippen molar-refractivity contribution in [2.75, 3.05) is 0 Å². The first-order valence-electron chi connectivity index (χ1n) is 3.74. The fourth-order valence-electron chi connectivity index (χ4n) is 1.12. The van der Waals surface area contributed by atoms with Gasteiger partial charge < -0.3 is 4.98 Å². The molecule has 0 atom stereocenters. The average molecular weight is 213 g/mol. The van der Waals surface area contributed by atoms with Crippen molar-refractivity contribution in [3.63, 3.8) is 0 Å². The summed E-state index contributed by atoms with van der Waals surface area (Å²) in [6.07, 6.45) is 0. The highest BCUT2D eigenvalue weighted by Crippen LogP contribution is 2.26. The van der Waals surface area contributed by atoms with E-state index in [1.54, 1.807) is 0 Å². The van der Waals surface area contributed by atoms with Crippen molar-refractivity contribution in [1.82, 2.24) is 9.97 Å². The Morgan fingerprint density at radius 1 is 1.08 bits per heavy atom. The number of halogens is 2. The SMILES string of the molecule is Clc1nc(Cl)c(-c2ccccc2)[nH]1. The number of aromatic nitrogens is 2. The van der Waals surface area contributed by atoms with Crippen molar-refractivity contribution in [1.29, 1.82) is 0 Å². The fraction of sp³-hybridized carbons (Fsp3) is 0. The summed E-state index contributed by atoms with van der Waals surface area (Å²) in [5.41, 5.74) is 1.74. The van der Waals surface area contributed by atoms with Crippen LogP contribution in [0, 0.1) is 0 Å². The lowest BCUT2D eigenvalue weighted by Gasteiger charge is -1.95. The number of H-pyrrole nitrogens is 1. The van der Waals surface area contributed by atoms with Crippen LogP contribution in [-0.2, 0) is 0 Å². The van der Waals surface area contributed by atoms with Gasteiger partial charge in [-0.3, -0.25) is 0 Å². The summed E-state index contributed by atoms with van der Waals surface area (Å²) in [4.78, 5) is 6.75. The van der Waals surface area contributed by atoms with Crippen LogP contribution in [0.4, 0.5) is 0 Å². The molecule has 1 aromatic heterocycles. The van der Waals surface area contributed by atoms with Crippen molar-refractivity contribution in [2.45, 2.75) is 0 Å². The summed E-state index contributed by atoms with van der Waals surface area (Å²) in [5, 5.41) is 0.708. The highest BCUT2D eigenvalue weighted by atomic mass is 35.5. The smallest absolute Gasteiger partial charge is 0.201 e. The molecule has 0 amide bonds. The molecule has 0 aliphatic heterocycles. The Labute approximate surface area is 85.5 Å². The Balaban J connectivity index is 2.53. The Kier molecular flexibility index (Phi) is 2.25. The second kappa shape index (κ2) is 3.40. The first-order valence-corrected chi connectivity index (χ1v) is 4.49. The molecule has 0 saturated heterocycles. The molecule has 0 aliphatic rings. The molecule has 0 spiro atoms. The average Bonchev–Trinajstić information content (AvgIpc) is 2.47. The standard InChI is InChI=1S/C9H6Cl2N2/c10-8-7(12-9(11)13-8)6-4-2-1-3-5-6/h1-5H,(H,12,13). The third kappa shape index (κ3) is 1.69. The molecule has 0 radical (unpaired) electrons. The minimum Gasteiger partial charge on any atom is -0.327 e. The van der Waals surface area contributed by atoms with E-state index in [0.29, 0.717) is 10.4 Å². The minimum atomic E-state index is 0.309. The van der Waals surface area contributed by atoms with E-state index in [1.165, 1.54) is 0 Å². The Hall–Kier alpha value is -0.990. The summed E-state index contributed by atoms with van der Waals surface area (Å²) in [6, 6.07) is 9.68. The number of rotatable bonds is 1. The van der Waals surface area contributed by atoms with Gasteiger partial charge in [-0.05, 0) is 11.6 Å². The van der Waals surface area contributed by atoms with Gasteiger partial charge in [-0.2, -0.15) is 0 Å². The van der Waals surface area contributed by atoms with Crippen LogP contribution in [0.3, 0.4) is 0 Å². The van der Waals surface area contributed by atoms with Crippen LogP contribution in [0.1, 0.15) is 0 Å². The molecule has 0 saturated carbocycles. The van der Waals surface area contributed by atoms with Gasteiger partial charge in [0.25, 0.3) is 0 Å². The van der Waals surface area contributed by atoms with Crippen molar-refractivity contribution >= 4 is 23.2 Å². The molecular formula is C9H6Cl2N2. The highest BCUT2D eigenvalue weighted by molar-refractivity contribution is 6.34. The topological polar surface area (TPSA) is 28.7 Å². The summed E-state index contributed by atoms with van der Waals surface area (Å²) in [6.45, 7) is 0. The number of hydrogen-bond donors (Lipinski definition) is 1. The number of imidazole rings is 1. The Morgan fingerprint density at radius 2 is 1.77 bits per heavy atom. The normalized spacial score (nSPS) is 10.3. The maximum absolute atomic E-state index is 5.85. The first-order chi connectivity index (χ1) is 6.27. The molecule has 66 valence electrons. The quantitative estimate of drug-likeness (QED) is 0.772. The number of benzene rings is 1. The zero-order valence-electron chi connectivity index (χ0n) is 6.59. The fourth-order valence-corrected chi connectivity index (χ4v) is 1.58. The Morgan fingerprint density at radius 3 is 2.31 bits per heavy atom. The Bertz CT molecular complexity index is 409. The van der Waals surface area contributed by atoms with Crippen LogP contribution in [0.15, 0.2) is 30.3 Å². The van der Waals surface area contributed by atoms with Crippen LogP contribution < -0.4 is 0 Å². The van der Waals surface area contributed by atoms with Gasteiger partial charge in [-0.15, -0.1) is 0 Å². The predicted molar refractivity (Wildman–Crippen MR) is 54.0 cm³/mol. The van der Waals surface area contributed by atoms with Crippen molar-refractivity contribution in [2.24, 2.45) is 0 Å². The van der Waals surface area contributed by atoms with Crippen LogP contribution in [0.25, 0.3) is 11.3 Å². The highest BCUT2D eigenvalue weighted by Gasteiger charge is 2.07. The van der Waals surface area contributed by atoms with Crippen molar-refractivity contribution in [3.05, 3.63) is 40.8 Å². The predicted octanol–water partition coefficient (Wildman–Crippen LogP) is 3.38. The van der Waals surface area contributed by atoms with Crippen LogP contribution in [-0.4, -0.2) is 9.97 Å². The minimum absolute atomic E-state index is 0.309. The van der Waals surface area contributed by atoms with E-state index in [2.05, 4.69) is 9.97 Å². The van der Waals surface area contributed by atoms with E-state index in [9.17, 15) is 0 Å². The monoisotopic (exact) mass is 212 g/mol. The largest absolute Gasteiger partial charge is 0.327 e. The molecule has 0 unspecified atom stereocenters. The van der Waals surface area contributed by atoms with Gasteiger partial charge in [-0.1, -0.05) is 41.9 Å². The lowest BCUT2D eigenvalue weighted by Crippen LogP contribution is -1.76. The third-order valence-corrected chi connectivity index (χ3v) is 2.15. The van der Waals surface area contributed by atoms with E-state index in [1.807, 2.05) is 30.3 Å². The number of aromatic amines is 1. The summed E-state index contributed by atoms with van der Waals surface area (Å²) in [5.74, 6) is 0. The molecule has 0 aliphatic carbocycles. The van der Waals surface area contributed by atoms with E-state index in [4.69, 9.17) is 23.2 Å². The molecule has 1 N–H and O–H groups in total. The number of nitrogens with zero attached hydrogens (tertiary/aromatic N) is 1. The maximum Gasteiger partial charge on any atom is 0.201 e. The summed E-state index contributed by atoms with van der Waals surface area (Å²) >= 11 is 11.5. The summed E-state index contributed by atoms with van der Waals surface area (Å²) in [7, 11) is 0. The molecule has 2 rings (SSSR count). The zero-order valence-corrected chi connectivity index (χ0v) is 8.10. The molecule has 1 heterocycles. The second-order valence-electron chi connectivity index (χ2n) is 2.56. The van der Waals surface area contributed by atoms with E-state index >= 15 is 0 Å². The molecule has 13 heavy (non-hydrogen) atoms. The molecule has 1 aromatic carbocycles.